The number of hydrogen-bond donors (Lipinski definition) is 2. The lowest BCUT2D eigenvalue weighted by Crippen LogP contribution is -2.39. The summed E-state index contributed by atoms with van der Waals surface area (Å²) in [5.74, 6) is 2.25. The van der Waals surface area contributed by atoms with Crippen LogP contribution in [0.4, 0.5) is 0 Å². The second-order valence-corrected chi connectivity index (χ2v) is 7.33. The molecule has 7 nitrogen and oxygen atoms in total. The van der Waals surface area contributed by atoms with Gasteiger partial charge in [0.1, 0.15) is 5.76 Å². The standard InChI is InChI=1S/C20H35N5O2/c1-5-21-20(23-14-15(2)19-16(3)24-27-17(19)4)22-11-9-13-25-12-8-6-7-10-18(25)26/h15H,5-14H2,1-4H3,(H2,21,22,23). The van der Waals surface area contributed by atoms with Gasteiger partial charge in [-0.1, -0.05) is 18.5 Å². The van der Waals surface area contributed by atoms with Crippen LogP contribution in [0.25, 0.3) is 0 Å². The summed E-state index contributed by atoms with van der Waals surface area (Å²) in [6.07, 6.45) is 4.96. The topological polar surface area (TPSA) is 82.8 Å². The van der Waals surface area contributed by atoms with E-state index in [0.29, 0.717) is 18.9 Å². The van der Waals surface area contributed by atoms with E-state index < -0.39 is 0 Å². The van der Waals surface area contributed by atoms with Gasteiger partial charge in [0.05, 0.1) is 5.69 Å². The maximum absolute atomic E-state index is 12.0. The fourth-order valence-electron chi connectivity index (χ4n) is 3.61. The Hall–Kier alpha value is -2.05. The highest BCUT2D eigenvalue weighted by Gasteiger charge is 2.17. The van der Waals surface area contributed by atoms with Gasteiger partial charge in [-0.25, -0.2) is 0 Å². The molecule has 2 heterocycles. The Kier molecular flexibility index (Phi) is 8.61. The number of aliphatic imine (C=N–C) groups is 1. The monoisotopic (exact) mass is 377 g/mol. The molecule has 1 atom stereocenters. The number of rotatable bonds is 8. The van der Waals surface area contributed by atoms with Crippen LogP contribution in [0.15, 0.2) is 9.52 Å². The van der Waals surface area contributed by atoms with E-state index in [1.165, 1.54) is 6.42 Å². The molecule has 0 saturated carbocycles. The molecule has 0 bridgehead atoms. The van der Waals surface area contributed by atoms with Crippen molar-refractivity contribution in [2.45, 2.75) is 65.7 Å². The van der Waals surface area contributed by atoms with Crippen molar-refractivity contribution in [2.75, 3.05) is 32.7 Å². The van der Waals surface area contributed by atoms with Crippen LogP contribution >= 0.6 is 0 Å². The molecule has 0 aliphatic carbocycles. The summed E-state index contributed by atoms with van der Waals surface area (Å²) in [5.41, 5.74) is 2.09. The summed E-state index contributed by atoms with van der Waals surface area (Å²) in [4.78, 5) is 18.8. The minimum absolute atomic E-state index is 0.251. The van der Waals surface area contributed by atoms with Gasteiger partial charge in [-0.2, -0.15) is 0 Å². The molecule has 0 aromatic carbocycles. The van der Waals surface area contributed by atoms with Gasteiger partial charge in [0.15, 0.2) is 5.96 Å². The Morgan fingerprint density at radius 1 is 1.30 bits per heavy atom. The van der Waals surface area contributed by atoms with Gasteiger partial charge < -0.3 is 20.1 Å². The predicted octanol–water partition coefficient (Wildman–Crippen LogP) is 2.74. The molecule has 27 heavy (non-hydrogen) atoms. The van der Waals surface area contributed by atoms with Gasteiger partial charge in [0, 0.05) is 50.6 Å². The summed E-state index contributed by atoms with van der Waals surface area (Å²) in [6, 6.07) is 0. The number of hydrogen-bond acceptors (Lipinski definition) is 4. The number of guanidine groups is 1. The SMILES string of the molecule is CCNC(=NCC(C)c1c(C)noc1C)NCCCN1CCCCCC1=O. The molecule has 7 heteroatoms. The zero-order valence-electron chi connectivity index (χ0n) is 17.3. The largest absolute Gasteiger partial charge is 0.361 e. The summed E-state index contributed by atoms with van der Waals surface area (Å²) >= 11 is 0. The third-order valence-electron chi connectivity index (χ3n) is 5.02. The lowest BCUT2D eigenvalue weighted by Gasteiger charge is -2.21. The normalized spacial score (nSPS) is 17.0. The van der Waals surface area contributed by atoms with Gasteiger partial charge in [-0.05, 0) is 40.0 Å². The number of carbonyl (C=O) groups is 1. The first kappa shape index (κ1) is 21.3. The average molecular weight is 378 g/mol. The molecule has 1 amide bonds. The van der Waals surface area contributed by atoms with Gasteiger partial charge in [-0.15, -0.1) is 0 Å². The number of nitrogens with zero attached hydrogens (tertiary/aromatic N) is 3. The van der Waals surface area contributed by atoms with Crippen LogP contribution < -0.4 is 10.6 Å². The van der Waals surface area contributed by atoms with E-state index in [0.717, 1.165) is 68.4 Å². The molecule has 1 saturated heterocycles. The summed E-state index contributed by atoms with van der Waals surface area (Å²) in [7, 11) is 0. The van der Waals surface area contributed by atoms with Gasteiger partial charge >= 0.3 is 0 Å². The number of amides is 1. The van der Waals surface area contributed by atoms with E-state index in [-0.39, 0.29) is 5.92 Å². The summed E-state index contributed by atoms with van der Waals surface area (Å²) < 4.78 is 5.26. The lowest BCUT2D eigenvalue weighted by molar-refractivity contribution is -0.130. The van der Waals surface area contributed by atoms with Crippen LogP contribution in [0.5, 0.6) is 0 Å². The first-order valence-electron chi connectivity index (χ1n) is 10.3. The van der Waals surface area contributed by atoms with Crippen molar-refractivity contribution in [3.05, 3.63) is 17.0 Å². The maximum Gasteiger partial charge on any atom is 0.222 e. The second-order valence-electron chi connectivity index (χ2n) is 7.33. The van der Waals surface area contributed by atoms with Crippen molar-refractivity contribution < 1.29 is 9.32 Å². The highest BCUT2D eigenvalue weighted by Crippen LogP contribution is 2.23. The average Bonchev–Trinajstić information content (AvgIpc) is 2.85. The number of aryl methyl sites for hydroxylation is 2. The Balaban J connectivity index is 1.80. The molecule has 2 rings (SSSR count). The Bertz CT molecular complexity index is 606. The predicted molar refractivity (Wildman–Crippen MR) is 108 cm³/mol. The van der Waals surface area contributed by atoms with E-state index >= 15 is 0 Å². The van der Waals surface area contributed by atoms with E-state index in [1.807, 2.05) is 18.7 Å². The van der Waals surface area contributed by atoms with E-state index in [2.05, 4.69) is 29.6 Å². The van der Waals surface area contributed by atoms with Crippen molar-refractivity contribution >= 4 is 11.9 Å². The van der Waals surface area contributed by atoms with E-state index in [9.17, 15) is 4.79 Å². The molecule has 1 fully saturated rings. The minimum atomic E-state index is 0.251. The molecule has 0 radical (unpaired) electrons. The molecule has 0 spiro atoms. The third kappa shape index (κ3) is 6.56. The third-order valence-corrected chi connectivity index (χ3v) is 5.02. The second kappa shape index (κ2) is 10.9. The van der Waals surface area contributed by atoms with Crippen LogP contribution in [0.1, 0.15) is 68.9 Å². The Morgan fingerprint density at radius 3 is 2.81 bits per heavy atom. The van der Waals surface area contributed by atoms with Crippen molar-refractivity contribution in [3.8, 4) is 0 Å². The molecule has 1 aromatic heterocycles. The Labute approximate surface area is 163 Å². The summed E-state index contributed by atoms with van der Waals surface area (Å²) in [6.45, 7) is 12.1. The molecule has 1 aliphatic heterocycles. The molecule has 1 aliphatic rings. The molecule has 1 unspecified atom stereocenters. The lowest BCUT2D eigenvalue weighted by atomic mass is 10.00. The number of nitrogens with one attached hydrogen (secondary N) is 2. The van der Waals surface area contributed by atoms with Gasteiger partial charge in [0.2, 0.25) is 5.91 Å². The van der Waals surface area contributed by atoms with E-state index in [4.69, 9.17) is 9.52 Å². The summed E-state index contributed by atoms with van der Waals surface area (Å²) in [5, 5.41) is 10.7. The zero-order chi connectivity index (χ0) is 19.6. The van der Waals surface area contributed by atoms with Crippen LogP contribution in [0.2, 0.25) is 0 Å². The fraction of sp³-hybridized carbons (Fsp3) is 0.750. The molecule has 2 N–H and O–H groups in total. The van der Waals surface area contributed by atoms with Crippen molar-refractivity contribution in [1.82, 2.24) is 20.7 Å². The van der Waals surface area contributed by atoms with Crippen LogP contribution in [0.3, 0.4) is 0 Å². The number of aromatic nitrogens is 1. The van der Waals surface area contributed by atoms with Crippen molar-refractivity contribution in [3.63, 3.8) is 0 Å². The van der Waals surface area contributed by atoms with Gasteiger partial charge in [0.25, 0.3) is 0 Å². The fourth-order valence-corrected chi connectivity index (χ4v) is 3.61. The first-order chi connectivity index (χ1) is 13.0. The Morgan fingerprint density at radius 2 is 2.11 bits per heavy atom. The van der Waals surface area contributed by atoms with Crippen LogP contribution in [0, 0.1) is 13.8 Å². The van der Waals surface area contributed by atoms with Crippen molar-refractivity contribution in [2.24, 2.45) is 4.99 Å². The number of likely N-dealkylation sites (tertiary alicyclic amines) is 1. The van der Waals surface area contributed by atoms with Crippen LogP contribution in [-0.2, 0) is 4.79 Å². The minimum Gasteiger partial charge on any atom is -0.361 e. The highest BCUT2D eigenvalue weighted by molar-refractivity contribution is 5.79. The molecule has 1 aromatic rings. The van der Waals surface area contributed by atoms with Crippen molar-refractivity contribution in [1.29, 1.82) is 0 Å². The smallest absolute Gasteiger partial charge is 0.222 e. The van der Waals surface area contributed by atoms with Gasteiger partial charge in [-0.3, -0.25) is 9.79 Å². The number of carbonyl (C=O) groups excluding carboxylic acids is 1. The molecular weight excluding hydrogens is 342 g/mol. The quantitative estimate of drug-likeness (QED) is 0.413. The van der Waals surface area contributed by atoms with E-state index in [1.54, 1.807) is 0 Å². The highest BCUT2D eigenvalue weighted by atomic mass is 16.5. The molecule has 152 valence electrons. The first-order valence-corrected chi connectivity index (χ1v) is 10.3. The van der Waals surface area contributed by atoms with Crippen LogP contribution in [-0.4, -0.2) is 54.6 Å². The zero-order valence-corrected chi connectivity index (χ0v) is 17.3. The molecular formula is C20H35N5O2. The maximum atomic E-state index is 12.0.